The lowest BCUT2D eigenvalue weighted by molar-refractivity contribution is -0.121. The van der Waals surface area contributed by atoms with E-state index < -0.39 is 0 Å². The smallest absolute Gasteiger partial charge is 0.220 e. The van der Waals surface area contributed by atoms with Gasteiger partial charge in [0, 0.05) is 25.6 Å². The van der Waals surface area contributed by atoms with Gasteiger partial charge in [0.1, 0.15) is 11.5 Å². The van der Waals surface area contributed by atoms with E-state index in [1.54, 1.807) is 14.2 Å². The third-order valence-corrected chi connectivity index (χ3v) is 4.84. The molecule has 25 heavy (non-hydrogen) atoms. The van der Waals surface area contributed by atoms with Crippen LogP contribution in [0.4, 0.5) is 0 Å². The summed E-state index contributed by atoms with van der Waals surface area (Å²) >= 11 is 0. The molecule has 140 valence electrons. The number of nitrogens with one attached hydrogen (secondary N) is 2. The standard InChI is InChI=1S/C20H32N2O3/c1-24-18-10-11-19(25-2)16(15-18)9-12-20(23)22-14-13-21-17-7-5-3-4-6-8-17/h10-11,15,17,21H,3-9,12-14H2,1-2H3,(H,22,23). The van der Waals surface area contributed by atoms with Gasteiger partial charge in [-0.3, -0.25) is 4.79 Å². The van der Waals surface area contributed by atoms with Crippen LogP contribution in [0.2, 0.25) is 0 Å². The van der Waals surface area contributed by atoms with Crippen LogP contribution in [-0.2, 0) is 11.2 Å². The molecular weight excluding hydrogens is 316 g/mol. The van der Waals surface area contributed by atoms with Crippen LogP contribution >= 0.6 is 0 Å². The van der Waals surface area contributed by atoms with Crippen molar-refractivity contribution in [3.8, 4) is 11.5 Å². The SMILES string of the molecule is COc1ccc(OC)c(CCC(=O)NCCNC2CCCCCC2)c1. The van der Waals surface area contributed by atoms with Crippen molar-refractivity contribution in [3.05, 3.63) is 23.8 Å². The average Bonchev–Trinajstić information content (AvgIpc) is 2.92. The quantitative estimate of drug-likeness (QED) is 0.532. The minimum Gasteiger partial charge on any atom is -0.497 e. The Morgan fingerprint density at radius 3 is 2.52 bits per heavy atom. The van der Waals surface area contributed by atoms with E-state index in [1.165, 1.54) is 38.5 Å². The molecular formula is C20H32N2O3. The third kappa shape index (κ3) is 6.94. The first-order valence-corrected chi connectivity index (χ1v) is 9.44. The molecule has 0 radical (unpaired) electrons. The normalized spacial score (nSPS) is 15.4. The zero-order valence-electron chi connectivity index (χ0n) is 15.6. The van der Waals surface area contributed by atoms with Crippen LogP contribution in [0.15, 0.2) is 18.2 Å². The molecule has 1 aromatic rings. The molecule has 5 nitrogen and oxygen atoms in total. The number of ether oxygens (including phenoxy) is 2. The number of aryl methyl sites for hydroxylation is 1. The average molecular weight is 348 g/mol. The maximum Gasteiger partial charge on any atom is 0.220 e. The van der Waals surface area contributed by atoms with E-state index in [0.717, 1.165) is 23.6 Å². The summed E-state index contributed by atoms with van der Waals surface area (Å²) in [5.74, 6) is 1.65. The van der Waals surface area contributed by atoms with Gasteiger partial charge in [0.15, 0.2) is 0 Å². The lowest BCUT2D eigenvalue weighted by Gasteiger charge is -2.16. The number of methoxy groups -OCH3 is 2. The molecule has 0 heterocycles. The molecule has 1 fully saturated rings. The molecule has 0 spiro atoms. The molecule has 0 unspecified atom stereocenters. The van der Waals surface area contributed by atoms with Crippen molar-refractivity contribution in [2.45, 2.75) is 57.4 Å². The van der Waals surface area contributed by atoms with E-state index in [0.29, 0.717) is 25.4 Å². The Hall–Kier alpha value is -1.75. The number of benzene rings is 1. The zero-order valence-corrected chi connectivity index (χ0v) is 15.6. The van der Waals surface area contributed by atoms with Gasteiger partial charge in [-0.05, 0) is 43.0 Å². The Balaban J connectivity index is 1.66. The molecule has 2 N–H and O–H groups in total. The van der Waals surface area contributed by atoms with E-state index in [-0.39, 0.29) is 5.91 Å². The largest absolute Gasteiger partial charge is 0.497 e. The van der Waals surface area contributed by atoms with Gasteiger partial charge in [-0.2, -0.15) is 0 Å². The van der Waals surface area contributed by atoms with E-state index in [1.807, 2.05) is 18.2 Å². The Kier molecular flexibility index (Phi) is 8.60. The molecule has 1 saturated carbocycles. The van der Waals surface area contributed by atoms with Crippen LogP contribution in [0.1, 0.15) is 50.5 Å². The number of carbonyl (C=O) groups is 1. The molecule has 0 aromatic heterocycles. The molecule has 0 aliphatic heterocycles. The minimum absolute atomic E-state index is 0.0764. The first kappa shape index (κ1) is 19.6. The highest BCUT2D eigenvalue weighted by Gasteiger charge is 2.11. The fraction of sp³-hybridized carbons (Fsp3) is 0.650. The zero-order chi connectivity index (χ0) is 17.9. The van der Waals surface area contributed by atoms with Crippen molar-refractivity contribution in [2.75, 3.05) is 27.3 Å². The monoisotopic (exact) mass is 348 g/mol. The van der Waals surface area contributed by atoms with Gasteiger partial charge in [-0.1, -0.05) is 25.7 Å². The molecule has 1 aromatic carbocycles. The third-order valence-electron chi connectivity index (χ3n) is 4.84. The summed E-state index contributed by atoms with van der Waals surface area (Å²) in [4.78, 5) is 12.1. The molecule has 0 atom stereocenters. The van der Waals surface area contributed by atoms with Gasteiger partial charge < -0.3 is 20.1 Å². The number of carbonyl (C=O) groups excluding carboxylic acids is 1. The first-order chi connectivity index (χ1) is 12.2. The molecule has 1 amide bonds. The Morgan fingerprint density at radius 1 is 1.08 bits per heavy atom. The molecule has 1 aliphatic rings. The van der Waals surface area contributed by atoms with E-state index in [4.69, 9.17) is 9.47 Å². The van der Waals surface area contributed by atoms with Gasteiger partial charge in [0.05, 0.1) is 14.2 Å². The first-order valence-electron chi connectivity index (χ1n) is 9.44. The molecule has 1 aliphatic carbocycles. The second-order valence-electron chi connectivity index (χ2n) is 6.67. The van der Waals surface area contributed by atoms with Crippen LogP contribution in [0.25, 0.3) is 0 Å². The Bertz CT molecular complexity index is 526. The number of amides is 1. The molecule has 0 bridgehead atoms. The van der Waals surface area contributed by atoms with E-state index in [2.05, 4.69) is 10.6 Å². The van der Waals surface area contributed by atoms with Crippen LogP contribution in [0, 0.1) is 0 Å². The predicted octanol–water partition coefficient (Wildman–Crippen LogP) is 3.07. The maximum absolute atomic E-state index is 12.1. The summed E-state index contributed by atoms with van der Waals surface area (Å²) in [6.45, 7) is 1.53. The van der Waals surface area contributed by atoms with Gasteiger partial charge in [-0.25, -0.2) is 0 Å². The van der Waals surface area contributed by atoms with Gasteiger partial charge in [-0.15, -0.1) is 0 Å². The van der Waals surface area contributed by atoms with Crippen LogP contribution in [-0.4, -0.2) is 39.3 Å². The van der Waals surface area contributed by atoms with Crippen molar-refractivity contribution in [3.63, 3.8) is 0 Å². The summed E-state index contributed by atoms with van der Waals surface area (Å²) < 4.78 is 10.6. The second kappa shape index (κ2) is 11.0. The van der Waals surface area contributed by atoms with E-state index >= 15 is 0 Å². The van der Waals surface area contributed by atoms with E-state index in [9.17, 15) is 4.79 Å². The number of hydrogen-bond acceptors (Lipinski definition) is 4. The van der Waals surface area contributed by atoms with Crippen molar-refractivity contribution in [1.82, 2.24) is 10.6 Å². The molecule has 2 rings (SSSR count). The Labute approximate surface area is 151 Å². The summed E-state index contributed by atoms with van der Waals surface area (Å²) in [7, 11) is 3.28. The minimum atomic E-state index is 0.0764. The predicted molar refractivity (Wildman–Crippen MR) is 100 cm³/mol. The fourth-order valence-corrected chi connectivity index (χ4v) is 3.38. The summed E-state index contributed by atoms with van der Waals surface area (Å²) in [6.07, 6.45) is 9.01. The van der Waals surface area contributed by atoms with Gasteiger partial charge in [0.25, 0.3) is 0 Å². The topological polar surface area (TPSA) is 59.6 Å². The van der Waals surface area contributed by atoms with Crippen LogP contribution in [0.3, 0.4) is 0 Å². The summed E-state index contributed by atoms with van der Waals surface area (Å²) in [5, 5.41) is 6.57. The highest BCUT2D eigenvalue weighted by atomic mass is 16.5. The fourth-order valence-electron chi connectivity index (χ4n) is 3.38. The van der Waals surface area contributed by atoms with Crippen LogP contribution in [0.5, 0.6) is 11.5 Å². The number of hydrogen-bond donors (Lipinski definition) is 2. The van der Waals surface area contributed by atoms with Crippen molar-refractivity contribution < 1.29 is 14.3 Å². The Morgan fingerprint density at radius 2 is 1.84 bits per heavy atom. The van der Waals surface area contributed by atoms with Crippen LogP contribution < -0.4 is 20.1 Å². The second-order valence-corrected chi connectivity index (χ2v) is 6.67. The highest BCUT2D eigenvalue weighted by Crippen LogP contribution is 2.25. The number of rotatable bonds is 9. The molecule has 0 saturated heterocycles. The summed E-state index contributed by atoms with van der Waals surface area (Å²) in [5.41, 5.74) is 0.994. The summed E-state index contributed by atoms with van der Waals surface area (Å²) in [6, 6.07) is 6.30. The molecule has 5 heteroatoms. The van der Waals surface area contributed by atoms with Crippen molar-refractivity contribution in [1.29, 1.82) is 0 Å². The lowest BCUT2D eigenvalue weighted by Crippen LogP contribution is -2.36. The highest BCUT2D eigenvalue weighted by molar-refractivity contribution is 5.76. The van der Waals surface area contributed by atoms with Gasteiger partial charge >= 0.3 is 0 Å². The van der Waals surface area contributed by atoms with Crippen molar-refractivity contribution >= 4 is 5.91 Å². The van der Waals surface area contributed by atoms with Crippen molar-refractivity contribution in [2.24, 2.45) is 0 Å². The lowest BCUT2D eigenvalue weighted by atomic mass is 10.1. The maximum atomic E-state index is 12.1. The van der Waals surface area contributed by atoms with Gasteiger partial charge in [0.2, 0.25) is 5.91 Å².